The molecule has 1 heterocycles. The molecule has 4 nitrogen and oxygen atoms in total. The van der Waals surface area contributed by atoms with E-state index in [2.05, 4.69) is 5.32 Å². The summed E-state index contributed by atoms with van der Waals surface area (Å²) in [6.07, 6.45) is -0.427. The number of nitrogens with one attached hydrogen (secondary N) is 1. The van der Waals surface area contributed by atoms with Crippen LogP contribution in [-0.2, 0) is 11.2 Å². The van der Waals surface area contributed by atoms with E-state index in [1.165, 1.54) is 0 Å². The van der Waals surface area contributed by atoms with Gasteiger partial charge in [-0.1, -0.05) is 17.7 Å². The number of benzene rings is 1. The zero-order valence-corrected chi connectivity index (χ0v) is 9.94. The standard InChI is InChI=1S/C10H11ClN2O2.ClH/c11-7-2-5(8(14)4-12)1-6-3-9(15)13-10(6)7;/h1-2,8,14H,3-4,12H2,(H,13,15);1H/t8-;/m1./s1. The van der Waals surface area contributed by atoms with Crippen LogP contribution in [0.4, 0.5) is 5.69 Å². The average Bonchev–Trinajstić information content (AvgIpc) is 2.58. The maximum Gasteiger partial charge on any atom is 0.228 e. The summed E-state index contributed by atoms with van der Waals surface area (Å²) in [6, 6.07) is 3.39. The molecule has 2 rings (SSSR count). The fourth-order valence-electron chi connectivity index (χ4n) is 1.65. The van der Waals surface area contributed by atoms with Gasteiger partial charge >= 0.3 is 0 Å². The number of nitrogens with two attached hydrogens (primary N) is 1. The highest BCUT2D eigenvalue weighted by atomic mass is 35.5. The van der Waals surface area contributed by atoms with Gasteiger partial charge in [-0.2, -0.15) is 0 Å². The van der Waals surface area contributed by atoms with Crippen molar-refractivity contribution in [2.45, 2.75) is 12.5 Å². The van der Waals surface area contributed by atoms with Crippen LogP contribution in [0.5, 0.6) is 0 Å². The highest BCUT2D eigenvalue weighted by molar-refractivity contribution is 6.34. The molecule has 1 aliphatic rings. The Bertz CT molecular complexity index is 424. The molecule has 0 fully saturated rings. The van der Waals surface area contributed by atoms with Gasteiger partial charge in [-0.25, -0.2) is 0 Å². The highest BCUT2D eigenvalue weighted by Crippen LogP contribution is 2.33. The first-order valence-corrected chi connectivity index (χ1v) is 5.00. The molecule has 6 heteroatoms. The van der Waals surface area contributed by atoms with Crippen molar-refractivity contribution in [3.05, 3.63) is 28.3 Å². The van der Waals surface area contributed by atoms with Crippen LogP contribution >= 0.6 is 24.0 Å². The highest BCUT2D eigenvalue weighted by Gasteiger charge is 2.22. The molecule has 0 spiro atoms. The van der Waals surface area contributed by atoms with Gasteiger partial charge in [0.15, 0.2) is 0 Å². The van der Waals surface area contributed by atoms with Gasteiger partial charge in [-0.05, 0) is 17.2 Å². The number of halogens is 2. The van der Waals surface area contributed by atoms with E-state index in [0.29, 0.717) is 22.7 Å². The summed E-state index contributed by atoms with van der Waals surface area (Å²) in [5, 5.41) is 12.7. The lowest BCUT2D eigenvalue weighted by Crippen LogP contribution is -2.11. The van der Waals surface area contributed by atoms with Crippen LogP contribution in [0.15, 0.2) is 12.1 Å². The number of fused-ring (bicyclic) bond motifs is 1. The maximum absolute atomic E-state index is 11.1. The van der Waals surface area contributed by atoms with E-state index in [-0.39, 0.29) is 24.9 Å². The predicted molar refractivity (Wildman–Crippen MR) is 65.0 cm³/mol. The molecule has 88 valence electrons. The molecule has 1 aliphatic heterocycles. The predicted octanol–water partition coefficient (Wildman–Crippen LogP) is 1.25. The second kappa shape index (κ2) is 5.01. The largest absolute Gasteiger partial charge is 0.387 e. The summed E-state index contributed by atoms with van der Waals surface area (Å²) in [5.74, 6) is -0.0775. The molecular formula is C10H12Cl2N2O2. The van der Waals surface area contributed by atoms with Gasteiger partial charge in [-0.15, -0.1) is 12.4 Å². The minimum atomic E-state index is -0.733. The minimum Gasteiger partial charge on any atom is -0.387 e. The first-order chi connectivity index (χ1) is 7.11. The zero-order chi connectivity index (χ0) is 11.0. The Hall–Kier alpha value is -0.810. The Labute approximate surface area is 104 Å². The van der Waals surface area contributed by atoms with Crippen LogP contribution in [-0.4, -0.2) is 17.6 Å². The van der Waals surface area contributed by atoms with Gasteiger partial charge in [0.2, 0.25) is 5.91 Å². The Morgan fingerprint density at radius 3 is 2.88 bits per heavy atom. The van der Waals surface area contributed by atoms with Gasteiger partial charge < -0.3 is 16.2 Å². The first kappa shape index (κ1) is 13.3. The summed E-state index contributed by atoms with van der Waals surface area (Å²) in [7, 11) is 0. The number of anilines is 1. The Kier molecular flexibility index (Phi) is 4.15. The van der Waals surface area contributed by atoms with Crippen LogP contribution in [0.25, 0.3) is 0 Å². The van der Waals surface area contributed by atoms with Crippen molar-refractivity contribution in [1.82, 2.24) is 0 Å². The number of hydrogen-bond donors (Lipinski definition) is 3. The van der Waals surface area contributed by atoms with Crippen LogP contribution in [0.3, 0.4) is 0 Å². The molecule has 0 bridgehead atoms. The molecule has 1 amide bonds. The number of carbonyl (C=O) groups is 1. The van der Waals surface area contributed by atoms with E-state index >= 15 is 0 Å². The number of rotatable bonds is 2. The molecule has 0 unspecified atom stereocenters. The quantitative estimate of drug-likeness (QED) is 0.751. The summed E-state index contributed by atoms with van der Waals surface area (Å²) >= 11 is 5.97. The number of aliphatic hydroxyl groups excluding tert-OH is 1. The van der Waals surface area contributed by atoms with Crippen molar-refractivity contribution in [1.29, 1.82) is 0 Å². The number of aliphatic hydroxyl groups is 1. The normalized spacial score (nSPS) is 15.1. The zero-order valence-electron chi connectivity index (χ0n) is 8.37. The lowest BCUT2D eigenvalue weighted by molar-refractivity contribution is -0.115. The monoisotopic (exact) mass is 262 g/mol. The van der Waals surface area contributed by atoms with Crippen molar-refractivity contribution in [2.75, 3.05) is 11.9 Å². The molecule has 0 aliphatic carbocycles. The Morgan fingerprint density at radius 1 is 1.56 bits per heavy atom. The van der Waals surface area contributed by atoms with E-state index < -0.39 is 6.10 Å². The van der Waals surface area contributed by atoms with E-state index in [9.17, 15) is 9.90 Å². The summed E-state index contributed by atoms with van der Waals surface area (Å²) in [4.78, 5) is 11.1. The molecule has 1 atom stereocenters. The van der Waals surface area contributed by atoms with Crippen LogP contribution in [0.1, 0.15) is 17.2 Å². The lowest BCUT2D eigenvalue weighted by Gasteiger charge is -2.11. The SMILES string of the molecule is Cl.NC[C@@H](O)c1cc(Cl)c2c(c1)CC(=O)N2. The third-order valence-corrected chi connectivity index (χ3v) is 2.72. The third-order valence-electron chi connectivity index (χ3n) is 2.42. The number of hydrogen-bond acceptors (Lipinski definition) is 3. The van der Waals surface area contributed by atoms with Crippen LogP contribution in [0, 0.1) is 0 Å². The third kappa shape index (κ3) is 2.30. The first-order valence-electron chi connectivity index (χ1n) is 4.62. The summed E-state index contributed by atoms with van der Waals surface area (Å²) < 4.78 is 0. The molecular weight excluding hydrogens is 251 g/mol. The molecule has 16 heavy (non-hydrogen) atoms. The van der Waals surface area contributed by atoms with Crippen molar-refractivity contribution in [3.63, 3.8) is 0 Å². The van der Waals surface area contributed by atoms with Crippen molar-refractivity contribution in [2.24, 2.45) is 5.73 Å². The van der Waals surface area contributed by atoms with Gasteiger partial charge in [-0.3, -0.25) is 4.79 Å². The van der Waals surface area contributed by atoms with Crippen molar-refractivity contribution >= 4 is 35.6 Å². The molecule has 0 saturated heterocycles. The van der Waals surface area contributed by atoms with Gasteiger partial charge in [0, 0.05) is 6.54 Å². The Balaban J connectivity index is 0.00000128. The van der Waals surface area contributed by atoms with E-state index in [1.807, 2.05) is 0 Å². The lowest BCUT2D eigenvalue weighted by atomic mass is 10.0. The molecule has 1 aromatic carbocycles. The molecule has 1 aromatic rings. The van der Waals surface area contributed by atoms with Crippen LogP contribution in [0.2, 0.25) is 5.02 Å². The van der Waals surface area contributed by atoms with E-state index in [0.717, 1.165) is 5.56 Å². The van der Waals surface area contributed by atoms with Crippen molar-refractivity contribution < 1.29 is 9.90 Å². The molecule has 4 N–H and O–H groups in total. The topological polar surface area (TPSA) is 75.3 Å². The van der Waals surface area contributed by atoms with E-state index in [4.69, 9.17) is 17.3 Å². The smallest absolute Gasteiger partial charge is 0.228 e. The van der Waals surface area contributed by atoms with Crippen LogP contribution < -0.4 is 11.1 Å². The second-order valence-corrected chi connectivity index (χ2v) is 3.92. The molecule has 0 saturated carbocycles. The van der Waals surface area contributed by atoms with Crippen molar-refractivity contribution in [3.8, 4) is 0 Å². The second-order valence-electron chi connectivity index (χ2n) is 3.51. The average molecular weight is 263 g/mol. The van der Waals surface area contributed by atoms with Gasteiger partial charge in [0.1, 0.15) is 0 Å². The number of amides is 1. The maximum atomic E-state index is 11.1. The summed E-state index contributed by atoms with van der Waals surface area (Å²) in [6.45, 7) is 0.135. The fourth-order valence-corrected chi connectivity index (χ4v) is 1.95. The van der Waals surface area contributed by atoms with Gasteiger partial charge in [0.25, 0.3) is 0 Å². The fraction of sp³-hybridized carbons (Fsp3) is 0.300. The number of carbonyl (C=O) groups excluding carboxylic acids is 1. The van der Waals surface area contributed by atoms with Gasteiger partial charge in [0.05, 0.1) is 23.2 Å². The van der Waals surface area contributed by atoms with E-state index in [1.54, 1.807) is 12.1 Å². The summed E-state index contributed by atoms with van der Waals surface area (Å²) in [5.41, 5.74) is 7.46. The minimum absolute atomic E-state index is 0. The molecule has 0 radical (unpaired) electrons. The molecule has 0 aromatic heterocycles. The Morgan fingerprint density at radius 2 is 2.25 bits per heavy atom.